The van der Waals surface area contributed by atoms with Gasteiger partial charge in [-0.3, -0.25) is 0 Å². The van der Waals surface area contributed by atoms with Gasteiger partial charge in [-0.05, 0) is 31.6 Å². The minimum absolute atomic E-state index is 0.197. The van der Waals surface area contributed by atoms with Crippen molar-refractivity contribution in [2.45, 2.75) is 39.2 Å². The Bertz CT molecular complexity index is 279. The quantitative estimate of drug-likeness (QED) is 0.480. The smallest absolute Gasteiger partial charge is 0.328 e. The molecule has 19 heavy (non-hydrogen) atoms. The van der Waals surface area contributed by atoms with E-state index < -0.39 is 5.54 Å². The first kappa shape index (κ1) is 16.4. The third-order valence-electron chi connectivity index (χ3n) is 3.13. The number of nitrogens with two attached hydrogens (primary N) is 1. The monoisotopic (exact) mass is 273 g/mol. The lowest BCUT2D eigenvalue weighted by Crippen LogP contribution is -2.55. The summed E-state index contributed by atoms with van der Waals surface area (Å²) in [5.74, 6) is 0.364. The van der Waals surface area contributed by atoms with E-state index in [1.54, 1.807) is 6.92 Å². The number of carbonyl (C=O) groups excluding carboxylic acids is 1. The number of ether oxygens (including phenoxy) is 3. The SMILES string of the molecule is CCOC(=O)C(N)(COCCOCC(C)C)C1CC1. The Labute approximate surface area is 115 Å². The zero-order valence-electron chi connectivity index (χ0n) is 12.3. The largest absolute Gasteiger partial charge is 0.465 e. The third-order valence-corrected chi connectivity index (χ3v) is 3.13. The molecule has 1 saturated carbocycles. The summed E-state index contributed by atoms with van der Waals surface area (Å²) in [7, 11) is 0. The van der Waals surface area contributed by atoms with Gasteiger partial charge in [-0.15, -0.1) is 0 Å². The van der Waals surface area contributed by atoms with E-state index in [4.69, 9.17) is 19.9 Å². The Morgan fingerprint density at radius 3 is 2.47 bits per heavy atom. The minimum Gasteiger partial charge on any atom is -0.465 e. The van der Waals surface area contributed by atoms with Crippen molar-refractivity contribution in [1.82, 2.24) is 0 Å². The van der Waals surface area contributed by atoms with Crippen LogP contribution in [0.1, 0.15) is 33.6 Å². The molecule has 0 heterocycles. The van der Waals surface area contributed by atoms with Crippen LogP contribution in [0.15, 0.2) is 0 Å². The molecule has 1 rings (SSSR count). The van der Waals surface area contributed by atoms with Crippen LogP contribution in [0.5, 0.6) is 0 Å². The number of hydrogen-bond acceptors (Lipinski definition) is 5. The Hall–Kier alpha value is -0.650. The fourth-order valence-electron chi connectivity index (χ4n) is 1.89. The van der Waals surface area contributed by atoms with Gasteiger partial charge >= 0.3 is 5.97 Å². The maximum absolute atomic E-state index is 11.9. The summed E-state index contributed by atoms with van der Waals surface area (Å²) in [4.78, 5) is 11.9. The Kier molecular flexibility index (Phi) is 6.75. The van der Waals surface area contributed by atoms with E-state index in [1.807, 2.05) is 0 Å². The lowest BCUT2D eigenvalue weighted by Gasteiger charge is -2.26. The van der Waals surface area contributed by atoms with Crippen molar-refractivity contribution >= 4 is 5.97 Å². The molecule has 1 unspecified atom stereocenters. The van der Waals surface area contributed by atoms with Crippen molar-refractivity contribution in [2.75, 3.05) is 33.0 Å². The molecule has 112 valence electrons. The average molecular weight is 273 g/mol. The van der Waals surface area contributed by atoms with Crippen molar-refractivity contribution in [3.63, 3.8) is 0 Å². The summed E-state index contributed by atoms with van der Waals surface area (Å²) in [5, 5.41) is 0. The molecular formula is C14H27NO4. The molecule has 1 fully saturated rings. The zero-order valence-corrected chi connectivity index (χ0v) is 12.3. The lowest BCUT2D eigenvalue weighted by molar-refractivity contribution is -0.153. The van der Waals surface area contributed by atoms with Crippen molar-refractivity contribution in [3.8, 4) is 0 Å². The van der Waals surface area contributed by atoms with E-state index in [1.165, 1.54) is 0 Å². The first-order chi connectivity index (χ1) is 9.00. The lowest BCUT2D eigenvalue weighted by atomic mass is 9.96. The highest BCUT2D eigenvalue weighted by molar-refractivity contribution is 5.81. The second kappa shape index (κ2) is 7.82. The minimum atomic E-state index is -0.978. The highest BCUT2D eigenvalue weighted by Crippen LogP contribution is 2.39. The van der Waals surface area contributed by atoms with Gasteiger partial charge in [0.1, 0.15) is 5.54 Å². The molecule has 5 heteroatoms. The van der Waals surface area contributed by atoms with Gasteiger partial charge in [0.15, 0.2) is 0 Å². The molecule has 0 aromatic rings. The van der Waals surface area contributed by atoms with Gasteiger partial charge in [-0.1, -0.05) is 13.8 Å². The third kappa shape index (κ3) is 5.47. The molecule has 0 radical (unpaired) electrons. The van der Waals surface area contributed by atoms with Gasteiger partial charge in [0.25, 0.3) is 0 Å². The van der Waals surface area contributed by atoms with Gasteiger partial charge in [0.05, 0.1) is 26.4 Å². The topological polar surface area (TPSA) is 70.8 Å². The molecule has 0 amide bonds. The van der Waals surface area contributed by atoms with Crippen molar-refractivity contribution in [2.24, 2.45) is 17.6 Å². The fraction of sp³-hybridized carbons (Fsp3) is 0.929. The van der Waals surface area contributed by atoms with E-state index in [2.05, 4.69) is 13.8 Å². The van der Waals surface area contributed by atoms with Gasteiger partial charge in [0, 0.05) is 6.61 Å². The van der Waals surface area contributed by atoms with Crippen LogP contribution in [0.4, 0.5) is 0 Å². The van der Waals surface area contributed by atoms with E-state index >= 15 is 0 Å². The van der Waals surface area contributed by atoms with Crippen LogP contribution in [-0.4, -0.2) is 44.5 Å². The maximum Gasteiger partial charge on any atom is 0.328 e. The zero-order chi connectivity index (χ0) is 14.3. The summed E-state index contributed by atoms with van der Waals surface area (Å²) in [6.07, 6.45) is 1.95. The van der Waals surface area contributed by atoms with Crippen molar-refractivity contribution < 1.29 is 19.0 Å². The second-order valence-electron chi connectivity index (χ2n) is 5.56. The molecule has 1 aliphatic carbocycles. The standard InChI is InChI=1S/C14H27NO4/c1-4-19-13(16)14(15,12-5-6-12)10-18-8-7-17-9-11(2)3/h11-12H,4-10,15H2,1-3H3. The molecule has 2 N–H and O–H groups in total. The fourth-order valence-corrected chi connectivity index (χ4v) is 1.89. The van der Waals surface area contributed by atoms with E-state index in [9.17, 15) is 4.79 Å². The number of hydrogen-bond donors (Lipinski definition) is 1. The summed E-state index contributed by atoms with van der Waals surface area (Å²) < 4.78 is 16.0. The second-order valence-corrected chi connectivity index (χ2v) is 5.56. The van der Waals surface area contributed by atoms with E-state index in [0.717, 1.165) is 19.4 Å². The summed E-state index contributed by atoms with van der Waals surface area (Å²) in [6.45, 7) is 8.24. The van der Waals surface area contributed by atoms with Gasteiger partial charge in [0.2, 0.25) is 0 Å². The molecular weight excluding hydrogens is 246 g/mol. The molecule has 1 aliphatic rings. The predicted octanol–water partition coefficient (Wildman–Crippen LogP) is 1.35. The molecule has 0 bridgehead atoms. The summed E-state index contributed by atoms with van der Waals surface area (Å²) >= 11 is 0. The molecule has 0 aromatic carbocycles. The van der Waals surface area contributed by atoms with Crippen LogP contribution in [-0.2, 0) is 19.0 Å². The molecule has 5 nitrogen and oxygen atoms in total. The van der Waals surface area contributed by atoms with Crippen LogP contribution in [0.25, 0.3) is 0 Å². The van der Waals surface area contributed by atoms with Crippen LogP contribution in [0.3, 0.4) is 0 Å². The van der Waals surface area contributed by atoms with Crippen LogP contribution >= 0.6 is 0 Å². The molecule has 0 aromatic heterocycles. The first-order valence-corrected chi connectivity index (χ1v) is 7.12. The number of rotatable bonds is 10. The van der Waals surface area contributed by atoms with Crippen molar-refractivity contribution in [1.29, 1.82) is 0 Å². The van der Waals surface area contributed by atoms with Gasteiger partial charge in [-0.25, -0.2) is 4.79 Å². The Morgan fingerprint density at radius 1 is 1.32 bits per heavy atom. The molecule has 0 spiro atoms. The predicted molar refractivity (Wildman–Crippen MR) is 72.8 cm³/mol. The average Bonchev–Trinajstić information content (AvgIpc) is 3.17. The van der Waals surface area contributed by atoms with Crippen LogP contribution < -0.4 is 5.73 Å². The number of esters is 1. The highest BCUT2D eigenvalue weighted by atomic mass is 16.5. The van der Waals surface area contributed by atoms with Crippen LogP contribution in [0.2, 0.25) is 0 Å². The first-order valence-electron chi connectivity index (χ1n) is 7.12. The summed E-state index contributed by atoms with van der Waals surface area (Å²) in [5.41, 5.74) is 5.18. The molecule has 0 saturated heterocycles. The van der Waals surface area contributed by atoms with E-state index in [-0.39, 0.29) is 18.5 Å². The van der Waals surface area contributed by atoms with Crippen molar-refractivity contribution in [3.05, 3.63) is 0 Å². The van der Waals surface area contributed by atoms with Crippen LogP contribution in [0, 0.1) is 11.8 Å². The molecule has 1 atom stereocenters. The van der Waals surface area contributed by atoms with Gasteiger partial charge < -0.3 is 19.9 Å². The van der Waals surface area contributed by atoms with Gasteiger partial charge in [-0.2, -0.15) is 0 Å². The highest BCUT2D eigenvalue weighted by Gasteiger charge is 2.49. The Morgan fingerprint density at radius 2 is 1.95 bits per heavy atom. The molecule has 0 aliphatic heterocycles. The normalized spacial score (nSPS) is 18.4. The van der Waals surface area contributed by atoms with E-state index in [0.29, 0.717) is 25.7 Å². The maximum atomic E-state index is 11.9. The number of carbonyl (C=O) groups is 1. The summed E-state index contributed by atoms with van der Waals surface area (Å²) in [6, 6.07) is 0. The Balaban J connectivity index is 2.24.